The third kappa shape index (κ3) is 4.59. The van der Waals surface area contributed by atoms with Crippen LogP contribution in [0.15, 0.2) is 0 Å². The summed E-state index contributed by atoms with van der Waals surface area (Å²) >= 11 is 0. The summed E-state index contributed by atoms with van der Waals surface area (Å²) in [6.45, 7) is 0.429. The van der Waals surface area contributed by atoms with Crippen molar-refractivity contribution in [3.63, 3.8) is 0 Å². The number of esters is 1. The first-order valence-corrected chi connectivity index (χ1v) is 8.44. The van der Waals surface area contributed by atoms with Gasteiger partial charge in [-0.2, -0.15) is 0 Å². The van der Waals surface area contributed by atoms with E-state index in [9.17, 15) is 40.2 Å². The third-order valence-electron chi connectivity index (χ3n) is 4.54. The summed E-state index contributed by atoms with van der Waals surface area (Å²) in [5.74, 6) is -1.66. The quantitative estimate of drug-likeness (QED) is 0.212. The fourth-order valence-corrected chi connectivity index (χ4v) is 3.06. The number of hydrogen-bond acceptors (Lipinski definition) is 12. The van der Waals surface area contributed by atoms with E-state index in [-0.39, 0.29) is 0 Å². The molecule has 2 aliphatic rings. The minimum atomic E-state index is -1.86. The second-order valence-electron chi connectivity index (χ2n) is 6.49. The lowest BCUT2D eigenvalue weighted by Gasteiger charge is -2.46. The molecule has 28 heavy (non-hydrogen) atoms. The lowest BCUT2D eigenvalue weighted by atomic mass is 9.95. The van der Waals surface area contributed by atoms with Crippen molar-refractivity contribution in [2.24, 2.45) is 0 Å². The van der Waals surface area contributed by atoms with Gasteiger partial charge in [0, 0.05) is 6.92 Å². The van der Waals surface area contributed by atoms with Crippen LogP contribution in [0.5, 0.6) is 0 Å². The number of aliphatic hydroxyl groups is 6. The monoisotopic (exact) mass is 411 g/mol. The standard InChI is InChI=1S/C15H25NO12/c1-4(18)16-6-11(7(19)5(3-17)26-13(6)23)27-15-10(22)8(20)9(21)12(28-15)14(24)25-2/h5-13,15,17,19-23H,3H2,1-2H3,(H,16,18). The SMILES string of the molecule is COC(=O)C1OC(OC2C(O)C(CO)OC(O)C2NC(C)=O)C(O)C(O)C1O. The molecule has 10 unspecified atom stereocenters. The van der Waals surface area contributed by atoms with Gasteiger partial charge >= 0.3 is 5.97 Å². The molecule has 10 atom stereocenters. The molecular formula is C15H25NO12. The molecule has 2 rings (SSSR count). The molecule has 2 aliphatic heterocycles. The van der Waals surface area contributed by atoms with Crippen LogP contribution >= 0.6 is 0 Å². The van der Waals surface area contributed by atoms with Gasteiger partial charge in [0.25, 0.3) is 0 Å². The Morgan fingerprint density at radius 2 is 1.64 bits per heavy atom. The topological polar surface area (TPSA) is 204 Å². The van der Waals surface area contributed by atoms with E-state index in [0.29, 0.717) is 0 Å². The summed E-state index contributed by atoms with van der Waals surface area (Å²) in [6, 6.07) is -1.34. The Labute approximate surface area is 159 Å². The highest BCUT2D eigenvalue weighted by molar-refractivity contribution is 5.75. The van der Waals surface area contributed by atoms with Crippen molar-refractivity contribution in [1.29, 1.82) is 0 Å². The molecule has 1 amide bonds. The number of aliphatic hydroxyl groups excluding tert-OH is 6. The molecule has 2 fully saturated rings. The van der Waals surface area contributed by atoms with Crippen LogP contribution in [0.3, 0.4) is 0 Å². The number of methoxy groups -OCH3 is 1. The number of carbonyl (C=O) groups is 2. The largest absolute Gasteiger partial charge is 0.467 e. The van der Waals surface area contributed by atoms with Gasteiger partial charge in [0.15, 0.2) is 18.7 Å². The van der Waals surface area contributed by atoms with Gasteiger partial charge in [0.1, 0.15) is 42.7 Å². The Kier molecular flexibility index (Phi) is 7.66. The minimum Gasteiger partial charge on any atom is -0.467 e. The van der Waals surface area contributed by atoms with E-state index < -0.39 is 79.8 Å². The van der Waals surface area contributed by atoms with Crippen molar-refractivity contribution in [3.05, 3.63) is 0 Å². The average Bonchev–Trinajstić information content (AvgIpc) is 2.66. The van der Waals surface area contributed by atoms with Crippen molar-refractivity contribution >= 4 is 11.9 Å². The van der Waals surface area contributed by atoms with Gasteiger partial charge < -0.3 is 54.9 Å². The maximum absolute atomic E-state index is 11.7. The highest BCUT2D eigenvalue weighted by atomic mass is 16.7. The molecule has 0 aliphatic carbocycles. The van der Waals surface area contributed by atoms with Gasteiger partial charge in [-0.15, -0.1) is 0 Å². The maximum atomic E-state index is 11.7. The van der Waals surface area contributed by atoms with Crippen LogP contribution in [-0.2, 0) is 28.5 Å². The molecule has 0 aromatic carbocycles. The van der Waals surface area contributed by atoms with E-state index >= 15 is 0 Å². The predicted octanol–water partition coefficient (Wildman–Crippen LogP) is -5.07. The number of nitrogens with one attached hydrogen (secondary N) is 1. The van der Waals surface area contributed by atoms with Crippen LogP contribution < -0.4 is 5.32 Å². The lowest BCUT2D eigenvalue weighted by Crippen LogP contribution is -2.67. The second-order valence-corrected chi connectivity index (χ2v) is 6.49. The molecule has 13 heteroatoms. The fraction of sp³-hybridized carbons (Fsp3) is 0.867. The average molecular weight is 411 g/mol. The smallest absolute Gasteiger partial charge is 0.337 e. The second kappa shape index (κ2) is 9.39. The molecule has 7 N–H and O–H groups in total. The highest BCUT2D eigenvalue weighted by Gasteiger charge is 2.52. The molecule has 162 valence electrons. The van der Waals surface area contributed by atoms with Crippen molar-refractivity contribution in [2.75, 3.05) is 13.7 Å². The van der Waals surface area contributed by atoms with E-state index in [1.54, 1.807) is 0 Å². The zero-order valence-electron chi connectivity index (χ0n) is 15.1. The van der Waals surface area contributed by atoms with Gasteiger partial charge in [-0.05, 0) is 0 Å². The van der Waals surface area contributed by atoms with E-state index in [1.165, 1.54) is 0 Å². The number of carbonyl (C=O) groups excluding carboxylic acids is 2. The number of ether oxygens (including phenoxy) is 4. The zero-order chi connectivity index (χ0) is 21.2. The zero-order valence-corrected chi connectivity index (χ0v) is 15.1. The van der Waals surface area contributed by atoms with E-state index in [1.807, 2.05) is 0 Å². The fourth-order valence-electron chi connectivity index (χ4n) is 3.06. The van der Waals surface area contributed by atoms with Gasteiger partial charge in [0.05, 0.1) is 13.7 Å². The molecule has 0 saturated carbocycles. The van der Waals surface area contributed by atoms with Crippen molar-refractivity contribution < 1.29 is 59.2 Å². The predicted molar refractivity (Wildman–Crippen MR) is 85.1 cm³/mol. The summed E-state index contributed by atoms with van der Waals surface area (Å²) in [5.41, 5.74) is 0. The third-order valence-corrected chi connectivity index (χ3v) is 4.54. The molecule has 2 heterocycles. The van der Waals surface area contributed by atoms with Crippen LogP contribution in [0.1, 0.15) is 6.92 Å². The summed E-state index contributed by atoms with van der Waals surface area (Å²) in [6.07, 6.45) is -15.1. The van der Waals surface area contributed by atoms with Crippen LogP contribution in [0.25, 0.3) is 0 Å². The normalized spacial score (nSPS) is 44.0. The molecule has 0 radical (unpaired) electrons. The molecule has 0 bridgehead atoms. The van der Waals surface area contributed by atoms with Gasteiger partial charge in [-0.3, -0.25) is 4.79 Å². The van der Waals surface area contributed by atoms with Crippen molar-refractivity contribution in [2.45, 2.75) is 68.3 Å². The number of hydrogen-bond donors (Lipinski definition) is 7. The number of amides is 1. The van der Waals surface area contributed by atoms with Crippen LogP contribution in [-0.4, -0.2) is 118 Å². The summed E-state index contributed by atoms with van der Waals surface area (Å²) in [7, 11) is 1.02. The lowest BCUT2D eigenvalue weighted by molar-refractivity contribution is -0.336. The summed E-state index contributed by atoms with van der Waals surface area (Å²) in [4.78, 5) is 23.2. The Bertz CT molecular complexity index is 561. The first kappa shape index (κ1) is 22.9. The van der Waals surface area contributed by atoms with Gasteiger partial charge in [-0.1, -0.05) is 0 Å². The Balaban J connectivity index is 2.26. The van der Waals surface area contributed by atoms with Gasteiger partial charge in [0.2, 0.25) is 5.91 Å². The maximum Gasteiger partial charge on any atom is 0.337 e. The van der Waals surface area contributed by atoms with Crippen LogP contribution in [0, 0.1) is 0 Å². The van der Waals surface area contributed by atoms with Crippen LogP contribution in [0.4, 0.5) is 0 Å². The summed E-state index contributed by atoms with van der Waals surface area (Å²) < 4.78 is 20.1. The molecular weight excluding hydrogens is 386 g/mol. The van der Waals surface area contributed by atoms with Crippen LogP contribution in [0.2, 0.25) is 0 Å². The Morgan fingerprint density at radius 1 is 1.00 bits per heavy atom. The summed E-state index contributed by atoms with van der Waals surface area (Å²) in [5, 5.41) is 62.0. The molecule has 0 aromatic rings. The van der Waals surface area contributed by atoms with E-state index in [4.69, 9.17) is 14.2 Å². The number of rotatable bonds is 5. The Morgan fingerprint density at radius 3 is 2.18 bits per heavy atom. The first-order chi connectivity index (χ1) is 13.1. The molecule has 13 nitrogen and oxygen atoms in total. The first-order valence-electron chi connectivity index (χ1n) is 8.44. The van der Waals surface area contributed by atoms with Crippen molar-refractivity contribution in [1.82, 2.24) is 5.32 Å². The highest BCUT2D eigenvalue weighted by Crippen LogP contribution is 2.29. The minimum absolute atomic E-state index is 0.607. The van der Waals surface area contributed by atoms with Gasteiger partial charge in [-0.25, -0.2) is 4.79 Å². The van der Waals surface area contributed by atoms with Crippen molar-refractivity contribution in [3.8, 4) is 0 Å². The molecule has 0 aromatic heterocycles. The van der Waals surface area contributed by atoms with E-state index in [0.717, 1.165) is 14.0 Å². The molecule has 0 spiro atoms. The molecule has 2 saturated heterocycles. The Hall–Kier alpha value is -1.42. The van der Waals surface area contributed by atoms with E-state index in [2.05, 4.69) is 10.1 Å².